The van der Waals surface area contributed by atoms with Gasteiger partial charge in [0.1, 0.15) is 17.3 Å². The highest BCUT2D eigenvalue weighted by Crippen LogP contribution is 2.31. The lowest BCUT2D eigenvalue weighted by molar-refractivity contribution is -0.137. The molecule has 0 fully saturated rings. The maximum atomic E-state index is 13.5. The number of halogens is 4. The number of anilines is 1. The molecule has 0 amide bonds. The zero-order chi connectivity index (χ0) is 14.0. The van der Waals surface area contributed by atoms with E-state index in [9.17, 15) is 17.6 Å². The highest BCUT2D eigenvalue weighted by Gasteiger charge is 2.31. The first kappa shape index (κ1) is 13.5. The third-order valence-corrected chi connectivity index (χ3v) is 2.55. The van der Waals surface area contributed by atoms with E-state index in [1.54, 1.807) is 19.1 Å². The van der Waals surface area contributed by atoms with E-state index in [4.69, 9.17) is 4.42 Å². The van der Waals surface area contributed by atoms with Crippen molar-refractivity contribution in [2.75, 3.05) is 5.32 Å². The molecule has 2 aromatic rings. The minimum atomic E-state index is -4.54. The van der Waals surface area contributed by atoms with Gasteiger partial charge in [0, 0.05) is 0 Å². The average molecular weight is 273 g/mol. The highest BCUT2D eigenvalue weighted by atomic mass is 19.4. The van der Waals surface area contributed by atoms with Gasteiger partial charge in [-0.25, -0.2) is 4.39 Å². The number of hydrogen-bond donors (Lipinski definition) is 1. The molecule has 0 radical (unpaired) electrons. The molecule has 0 bridgehead atoms. The number of nitrogens with one attached hydrogen (secondary N) is 1. The van der Waals surface area contributed by atoms with Crippen molar-refractivity contribution in [3.8, 4) is 0 Å². The summed E-state index contributed by atoms with van der Waals surface area (Å²) in [5.74, 6) is 0.347. The summed E-state index contributed by atoms with van der Waals surface area (Å²) in [6.07, 6.45) is -4.54. The Bertz CT molecular complexity index is 574. The molecule has 0 aliphatic carbocycles. The molecule has 1 aromatic heterocycles. The van der Waals surface area contributed by atoms with Gasteiger partial charge in [0.2, 0.25) is 0 Å². The fourth-order valence-electron chi connectivity index (χ4n) is 1.60. The maximum absolute atomic E-state index is 13.5. The van der Waals surface area contributed by atoms with Crippen molar-refractivity contribution in [1.82, 2.24) is 0 Å². The van der Waals surface area contributed by atoms with Gasteiger partial charge in [-0.2, -0.15) is 13.2 Å². The second-order valence-corrected chi connectivity index (χ2v) is 4.06. The smallest absolute Gasteiger partial charge is 0.416 e. The molecule has 6 heteroatoms. The zero-order valence-corrected chi connectivity index (χ0v) is 10.0. The SMILES string of the molecule is Cc1ccc(CNc2ccc(C(F)(F)F)cc2F)o1. The van der Waals surface area contributed by atoms with Crippen LogP contribution >= 0.6 is 0 Å². The van der Waals surface area contributed by atoms with E-state index in [1.807, 2.05) is 0 Å². The Morgan fingerprint density at radius 2 is 1.89 bits per heavy atom. The molecule has 2 rings (SSSR count). The molecule has 0 aliphatic rings. The van der Waals surface area contributed by atoms with Crippen LogP contribution in [0.4, 0.5) is 23.2 Å². The second kappa shape index (κ2) is 4.95. The van der Waals surface area contributed by atoms with E-state index in [0.717, 1.165) is 12.1 Å². The quantitative estimate of drug-likeness (QED) is 0.841. The summed E-state index contributed by atoms with van der Waals surface area (Å²) in [5, 5.41) is 2.69. The van der Waals surface area contributed by atoms with Crippen LogP contribution in [0.1, 0.15) is 17.1 Å². The number of rotatable bonds is 3. The minimum absolute atomic E-state index is 0.00190. The first-order valence-electron chi connectivity index (χ1n) is 5.52. The van der Waals surface area contributed by atoms with Crippen LogP contribution in [-0.2, 0) is 12.7 Å². The lowest BCUT2D eigenvalue weighted by Crippen LogP contribution is -2.07. The zero-order valence-electron chi connectivity index (χ0n) is 10.0. The Hall–Kier alpha value is -1.98. The third-order valence-electron chi connectivity index (χ3n) is 2.55. The highest BCUT2D eigenvalue weighted by molar-refractivity contribution is 5.47. The summed E-state index contributed by atoms with van der Waals surface area (Å²) in [7, 11) is 0. The molecule has 0 spiro atoms. The fourth-order valence-corrected chi connectivity index (χ4v) is 1.60. The Morgan fingerprint density at radius 3 is 2.42 bits per heavy atom. The maximum Gasteiger partial charge on any atom is 0.416 e. The molecule has 1 N–H and O–H groups in total. The van der Waals surface area contributed by atoms with E-state index in [-0.39, 0.29) is 12.2 Å². The molecule has 19 heavy (non-hydrogen) atoms. The molecule has 0 unspecified atom stereocenters. The van der Waals surface area contributed by atoms with Gasteiger partial charge < -0.3 is 9.73 Å². The summed E-state index contributed by atoms with van der Waals surface area (Å²) in [6.45, 7) is 1.97. The van der Waals surface area contributed by atoms with Crippen molar-refractivity contribution < 1.29 is 22.0 Å². The Kier molecular flexibility index (Phi) is 3.50. The molecule has 1 aromatic carbocycles. The first-order valence-corrected chi connectivity index (χ1v) is 5.52. The topological polar surface area (TPSA) is 25.2 Å². The molecule has 0 aliphatic heterocycles. The molecule has 0 saturated heterocycles. The average Bonchev–Trinajstić information content (AvgIpc) is 2.72. The van der Waals surface area contributed by atoms with Gasteiger partial charge in [-0.05, 0) is 37.3 Å². The van der Waals surface area contributed by atoms with Gasteiger partial charge in [0.05, 0.1) is 17.8 Å². The number of benzene rings is 1. The lowest BCUT2D eigenvalue weighted by Gasteiger charge is -2.10. The Labute approximate surface area is 107 Å². The summed E-state index contributed by atoms with van der Waals surface area (Å²) < 4.78 is 55.8. The largest absolute Gasteiger partial charge is 0.465 e. The molecule has 102 valence electrons. The second-order valence-electron chi connectivity index (χ2n) is 4.06. The van der Waals surface area contributed by atoms with Gasteiger partial charge in [-0.3, -0.25) is 0 Å². The van der Waals surface area contributed by atoms with Crippen molar-refractivity contribution in [3.05, 3.63) is 53.2 Å². The van der Waals surface area contributed by atoms with E-state index in [0.29, 0.717) is 17.6 Å². The van der Waals surface area contributed by atoms with Crippen LogP contribution in [0.3, 0.4) is 0 Å². The van der Waals surface area contributed by atoms with Crippen molar-refractivity contribution in [2.45, 2.75) is 19.6 Å². The van der Waals surface area contributed by atoms with Crippen LogP contribution in [0.15, 0.2) is 34.7 Å². The van der Waals surface area contributed by atoms with Crippen LogP contribution in [0.2, 0.25) is 0 Å². The molecule has 1 heterocycles. The van der Waals surface area contributed by atoms with Gasteiger partial charge in [0.15, 0.2) is 0 Å². The van der Waals surface area contributed by atoms with Crippen LogP contribution in [-0.4, -0.2) is 0 Å². The first-order chi connectivity index (χ1) is 8.86. The molecular weight excluding hydrogens is 262 g/mol. The molecule has 0 atom stereocenters. The van der Waals surface area contributed by atoms with Crippen molar-refractivity contribution in [1.29, 1.82) is 0 Å². The summed E-state index contributed by atoms with van der Waals surface area (Å²) in [6, 6.07) is 5.83. The molecule has 2 nitrogen and oxygen atoms in total. The van der Waals surface area contributed by atoms with Gasteiger partial charge in [0.25, 0.3) is 0 Å². The summed E-state index contributed by atoms with van der Waals surface area (Å²) in [5.41, 5.74) is -1.01. The van der Waals surface area contributed by atoms with Crippen LogP contribution in [0, 0.1) is 12.7 Å². The standard InChI is InChI=1S/C13H11F4NO/c1-8-2-4-10(19-8)7-18-12-5-3-9(6-11(12)14)13(15,16)17/h2-6,18H,7H2,1H3. The van der Waals surface area contributed by atoms with E-state index >= 15 is 0 Å². The predicted octanol–water partition coefficient (Wildman–Crippen LogP) is 4.36. The van der Waals surface area contributed by atoms with Crippen LogP contribution in [0.25, 0.3) is 0 Å². The molecule has 0 saturated carbocycles. The summed E-state index contributed by atoms with van der Waals surface area (Å²) >= 11 is 0. The van der Waals surface area contributed by atoms with Crippen molar-refractivity contribution in [2.24, 2.45) is 0 Å². The van der Waals surface area contributed by atoms with E-state index in [2.05, 4.69) is 5.32 Å². The Balaban J connectivity index is 2.09. The van der Waals surface area contributed by atoms with Crippen molar-refractivity contribution >= 4 is 5.69 Å². The van der Waals surface area contributed by atoms with E-state index in [1.165, 1.54) is 0 Å². The lowest BCUT2D eigenvalue weighted by atomic mass is 10.2. The number of hydrogen-bond acceptors (Lipinski definition) is 2. The number of aryl methyl sites for hydroxylation is 1. The van der Waals surface area contributed by atoms with Crippen molar-refractivity contribution in [3.63, 3.8) is 0 Å². The Morgan fingerprint density at radius 1 is 1.16 bits per heavy atom. The van der Waals surface area contributed by atoms with E-state index < -0.39 is 17.6 Å². The third kappa shape index (κ3) is 3.27. The molecular formula is C13H11F4NO. The number of alkyl halides is 3. The van der Waals surface area contributed by atoms with Gasteiger partial charge in [-0.15, -0.1) is 0 Å². The van der Waals surface area contributed by atoms with Crippen LogP contribution in [0.5, 0.6) is 0 Å². The predicted molar refractivity (Wildman–Crippen MR) is 62.2 cm³/mol. The number of furan rings is 1. The van der Waals surface area contributed by atoms with Gasteiger partial charge in [-0.1, -0.05) is 0 Å². The monoisotopic (exact) mass is 273 g/mol. The van der Waals surface area contributed by atoms with Crippen LogP contribution < -0.4 is 5.32 Å². The normalized spacial score (nSPS) is 11.6. The fraction of sp³-hybridized carbons (Fsp3) is 0.231. The van der Waals surface area contributed by atoms with Gasteiger partial charge >= 0.3 is 6.18 Å². The minimum Gasteiger partial charge on any atom is -0.465 e. The summed E-state index contributed by atoms with van der Waals surface area (Å²) in [4.78, 5) is 0.